The summed E-state index contributed by atoms with van der Waals surface area (Å²) < 4.78 is 2.64. The van der Waals surface area contributed by atoms with E-state index < -0.39 is 0 Å². The van der Waals surface area contributed by atoms with Crippen molar-refractivity contribution in [2.45, 2.75) is 31.7 Å². The van der Waals surface area contributed by atoms with Crippen LogP contribution < -0.4 is 0 Å². The smallest absolute Gasteiger partial charge is 0.0900 e. The largest absolute Gasteiger partial charge is 0.333 e. The van der Waals surface area contributed by atoms with E-state index in [-0.39, 0.29) is 11.5 Å². The lowest BCUT2D eigenvalue weighted by Crippen LogP contribution is -2.18. The van der Waals surface area contributed by atoms with E-state index in [1.54, 1.807) is 0 Å². The van der Waals surface area contributed by atoms with Gasteiger partial charge in [0, 0.05) is 34.1 Å². The summed E-state index contributed by atoms with van der Waals surface area (Å²) in [5.74, 6) is 0. The van der Waals surface area contributed by atoms with Crippen molar-refractivity contribution in [2.75, 3.05) is 0 Å². The van der Waals surface area contributed by atoms with Gasteiger partial charge in [0.05, 0.1) is 34.3 Å². The van der Waals surface area contributed by atoms with Crippen molar-refractivity contribution in [1.29, 1.82) is 0 Å². The standard InChI is InChI=1S/C46H34N4/c1-46(2)36-17-7-5-15-34(36)42-32-13-3-4-14-33(32)43-35-16-6-8-20-41(35)50(45(43)44(42)46)31-23-21-29(22-24-31)30-27-39(37-18-9-11-25-47-37)49-40(28-30)38-19-10-12-26-48-38/h3-23,25-28,31H,24H2,1-2H3/t31-/m0/s1. The lowest BCUT2D eigenvalue weighted by molar-refractivity contribution is 0.628. The number of allylic oxidation sites excluding steroid dienone is 4. The average molecular weight is 643 g/mol. The summed E-state index contributed by atoms with van der Waals surface area (Å²) in [6, 6.07) is 43.4. The van der Waals surface area contributed by atoms with Crippen LogP contribution in [0.2, 0.25) is 0 Å². The zero-order valence-electron chi connectivity index (χ0n) is 28.0. The van der Waals surface area contributed by atoms with Crippen LogP contribution in [0.25, 0.3) is 72.1 Å². The molecular formula is C46H34N4. The molecule has 2 aliphatic rings. The summed E-state index contributed by atoms with van der Waals surface area (Å²) in [5, 5.41) is 5.32. The Morgan fingerprint density at radius 3 is 1.98 bits per heavy atom. The maximum Gasteiger partial charge on any atom is 0.0900 e. The van der Waals surface area contributed by atoms with Gasteiger partial charge in [-0.15, -0.1) is 0 Å². The predicted octanol–water partition coefficient (Wildman–Crippen LogP) is 11.4. The van der Waals surface area contributed by atoms with Gasteiger partial charge in [0.15, 0.2) is 0 Å². The summed E-state index contributed by atoms with van der Waals surface area (Å²) >= 11 is 0. The highest BCUT2D eigenvalue weighted by Gasteiger charge is 2.40. The fraction of sp³-hybridized carbons (Fsp3) is 0.109. The summed E-state index contributed by atoms with van der Waals surface area (Å²) in [4.78, 5) is 14.3. The highest BCUT2D eigenvalue weighted by atomic mass is 15.0. The van der Waals surface area contributed by atoms with Gasteiger partial charge in [0.2, 0.25) is 0 Å². The maximum atomic E-state index is 5.00. The third-order valence-electron chi connectivity index (χ3n) is 10.8. The van der Waals surface area contributed by atoms with Crippen LogP contribution in [0.15, 0.2) is 152 Å². The molecule has 8 aromatic rings. The molecule has 10 rings (SSSR count). The highest BCUT2D eigenvalue weighted by Crippen LogP contribution is 2.56. The van der Waals surface area contributed by atoms with E-state index in [1.165, 1.54) is 60.4 Å². The molecule has 0 radical (unpaired) electrons. The molecule has 0 fully saturated rings. The van der Waals surface area contributed by atoms with Crippen LogP contribution in [0.4, 0.5) is 0 Å². The number of hydrogen-bond acceptors (Lipinski definition) is 3. The Kier molecular flexibility index (Phi) is 6.31. The first kappa shape index (κ1) is 28.8. The second-order valence-corrected chi connectivity index (χ2v) is 14.0. The number of fused-ring (bicyclic) bond motifs is 10. The molecule has 50 heavy (non-hydrogen) atoms. The van der Waals surface area contributed by atoms with Gasteiger partial charge in [-0.2, -0.15) is 0 Å². The number of pyridine rings is 3. The van der Waals surface area contributed by atoms with Crippen LogP contribution >= 0.6 is 0 Å². The van der Waals surface area contributed by atoms with Crippen molar-refractivity contribution in [1.82, 2.24) is 19.5 Å². The molecule has 4 aromatic carbocycles. The minimum absolute atomic E-state index is 0.151. The SMILES string of the molecule is CC1(C)c2ccccc2-c2c1c1c(c3ccccc23)c2ccccc2n1[C@H]1C=CC(c2cc(-c3ccccn3)nc(-c3ccccn3)c2)=CC1. The topological polar surface area (TPSA) is 43.6 Å². The Bertz CT molecular complexity index is 2640. The fourth-order valence-corrected chi connectivity index (χ4v) is 8.57. The van der Waals surface area contributed by atoms with Gasteiger partial charge in [-0.3, -0.25) is 9.97 Å². The van der Waals surface area contributed by atoms with Crippen LogP contribution in [0.5, 0.6) is 0 Å². The summed E-state index contributed by atoms with van der Waals surface area (Å²) in [7, 11) is 0. The van der Waals surface area contributed by atoms with Gasteiger partial charge in [0.1, 0.15) is 0 Å². The van der Waals surface area contributed by atoms with Crippen molar-refractivity contribution in [2.24, 2.45) is 0 Å². The van der Waals surface area contributed by atoms with Crippen molar-refractivity contribution in [3.8, 4) is 33.9 Å². The summed E-state index contributed by atoms with van der Waals surface area (Å²) in [5.41, 5.74) is 13.7. The second kappa shape index (κ2) is 10.9. The number of hydrogen-bond donors (Lipinski definition) is 0. The molecule has 0 saturated heterocycles. The zero-order chi connectivity index (χ0) is 33.4. The molecule has 0 unspecified atom stereocenters. The minimum atomic E-state index is -0.152. The average Bonchev–Trinajstić information content (AvgIpc) is 3.65. The Labute approximate surface area is 291 Å². The predicted molar refractivity (Wildman–Crippen MR) is 206 cm³/mol. The molecule has 0 saturated carbocycles. The molecule has 1 atom stereocenters. The van der Waals surface area contributed by atoms with Gasteiger partial charge >= 0.3 is 0 Å². The van der Waals surface area contributed by atoms with Gasteiger partial charge in [-0.25, -0.2) is 4.98 Å². The van der Waals surface area contributed by atoms with E-state index in [0.29, 0.717) is 0 Å². The van der Waals surface area contributed by atoms with Crippen LogP contribution in [-0.2, 0) is 5.41 Å². The molecule has 4 nitrogen and oxygen atoms in total. The summed E-state index contributed by atoms with van der Waals surface area (Å²) in [6.07, 6.45) is 11.6. The molecule has 0 spiro atoms. The number of benzene rings is 4. The first-order valence-electron chi connectivity index (χ1n) is 17.4. The van der Waals surface area contributed by atoms with Crippen molar-refractivity contribution < 1.29 is 0 Å². The minimum Gasteiger partial charge on any atom is -0.333 e. The number of rotatable bonds is 4. The van der Waals surface area contributed by atoms with Gasteiger partial charge in [-0.1, -0.05) is 111 Å². The number of aromatic nitrogens is 4. The van der Waals surface area contributed by atoms with E-state index in [4.69, 9.17) is 4.98 Å². The van der Waals surface area contributed by atoms with Crippen LogP contribution in [0, 0.1) is 0 Å². The normalized spacial score (nSPS) is 16.1. The van der Waals surface area contributed by atoms with Crippen molar-refractivity contribution in [3.05, 3.63) is 169 Å². The Hall–Kier alpha value is -6.13. The van der Waals surface area contributed by atoms with Gasteiger partial charge in [-0.05, 0) is 93.0 Å². The lowest BCUT2D eigenvalue weighted by atomic mass is 9.80. The third-order valence-corrected chi connectivity index (χ3v) is 10.8. The van der Waals surface area contributed by atoms with E-state index in [9.17, 15) is 0 Å². The molecular weight excluding hydrogens is 609 g/mol. The molecule has 0 N–H and O–H groups in total. The molecule has 2 aliphatic carbocycles. The van der Waals surface area contributed by atoms with Crippen molar-refractivity contribution >= 4 is 38.2 Å². The lowest BCUT2D eigenvalue weighted by Gasteiger charge is -2.27. The summed E-state index contributed by atoms with van der Waals surface area (Å²) in [6.45, 7) is 4.81. The Morgan fingerprint density at radius 2 is 1.30 bits per heavy atom. The van der Waals surface area contributed by atoms with Crippen molar-refractivity contribution in [3.63, 3.8) is 0 Å². The molecule has 4 heterocycles. The molecule has 0 aliphatic heterocycles. The van der Waals surface area contributed by atoms with E-state index in [0.717, 1.165) is 34.8 Å². The molecule has 238 valence electrons. The number of nitrogens with zero attached hydrogens (tertiary/aromatic N) is 4. The maximum absolute atomic E-state index is 5.00. The van der Waals surface area contributed by atoms with Crippen LogP contribution in [0.3, 0.4) is 0 Å². The van der Waals surface area contributed by atoms with E-state index >= 15 is 0 Å². The first-order chi connectivity index (χ1) is 24.6. The molecule has 4 heteroatoms. The quantitative estimate of drug-likeness (QED) is 0.192. The van der Waals surface area contributed by atoms with Crippen LogP contribution in [0.1, 0.15) is 43.0 Å². The van der Waals surface area contributed by atoms with Crippen LogP contribution in [-0.4, -0.2) is 19.5 Å². The monoisotopic (exact) mass is 642 g/mol. The highest BCUT2D eigenvalue weighted by molar-refractivity contribution is 6.26. The van der Waals surface area contributed by atoms with E-state index in [2.05, 4.69) is 132 Å². The van der Waals surface area contributed by atoms with E-state index in [1.807, 2.05) is 48.8 Å². The Balaban J connectivity index is 1.16. The van der Waals surface area contributed by atoms with Gasteiger partial charge < -0.3 is 4.57 Å². The molecule has 0 bridgehead atoms. The number of para-hydroxylation sites is 1. The first-order valence-corrected chi connectivity index (χ1v) is 17.4. The second-order valence-electron chi connectivity index (χ2n) is 14.0. The third kappa shape index (κ3) is 4.21. The fourth-order valence-electron chi connectivity index (χ4n) is 8.57. The van der Waals surface area contributed by atoms with Gasteiger partial charge in [0.25, 0.3) is 0 Å². The molecule has 0 amide bonds. The molecule has 4 aromatic heterocycles. The zero-order valence-corrected chi connectivity index (χ0v) is 28.0. The Morgan fingerprint density at radius 1 is 0.660 bits per heavy atom.